The van der Waals surface area contributed by atoms with Crippen molar-refractivity contribution in [2.24, 2.45) is 11.8 Å². The summed E-state index contributed by atoms with van der Waals surface area (Å²) in [5.41, 5.74) is 0.285. The van der Waals surface area contributed by atoms with E-state index in [-0.39, 0.29) is 29.3 Å². The molecule has 2 atom stereocenters. The molecule has 136 valence electrons. The first kappa shape index (κ1) is 18.7. The normalized spacial score (nSPS) is 20.1. The van der Waals surface area contributed by atoms with Gasteiger partial charge in [-0.2, -0.15) is 0 Å². The van der Waals surface area contributed by atoms with Crippen molar-refractivity contribution in [1.82, 2.24) is 4.90 Å². The van der Waals surface area contributed by atoms with Crippen LogP contribution in [-0.2, 0) is 9.53 Å². The number of hydrogen-bond donors (Lipinski definition) is 2. The Kier molecular flexibility index (Phi) is 5.61. The van der Waals surface area contributed by atoms with Gasteiger partial charge in [-0.05, 0) is 37.0 Å². The molecule has 1 aromatic carbocycles. The van der Waals surface area contributed by atoms with Gasteiger partial charge in [0.1, 0.15) is 11.4 Å². The second-order valence-corrected chi connectivity index (χ2v) is 6.30. The number of carboxylic acid groups (broad SMARTS) is 1. The summed E-state index contributed by atoms with van der Waals surface area (Å²) in [5.74, 6) is -3.06. The Morgan fingerprint density at radius 3 is 2.60 bits per heavy atom. The molecule has 1 heterocycles. The molecule has 2 N–H and O–H groups in total. The number of rotatable bonds is 3. The summed E-state index contributed by atoms with van der Waals surface area (Å²) in [6, 6.07) is 1.95. The van der Waals surface area contributed by atoms with Gasteiger partial charge in [-0.15, -0.1) is 0 Å². The third kappa shape index (κ3) is 4.07. The number of carboxylic acids is 1. The van der Waals surface area contributed by atoms with E-state index in [1.165, 1.54) is 17.9 Å². The summed E-state index contributed by atoms with van der Waals surface area (Å²) < 4.78 is 18.4. The van der Waals surface area contributed by atoms with Crippen LogP contribution in [0.15, 0.2) is 12.1 Å². The predicted octanol–water partition coefficient (Wildman–Crippen LogP) is 2.50. The second kappa shape index (κ2) is 7.50. The number of methoxy groups -OCH3 is 1. The Bertz CT molecular complexity index is 707. The second-order valence-electron chi connectivity index (χ2n) is 6.30. The Balaban J connectivity index is 2.20. The first-order valence-corrected chi connectivity index (χ1v) is 7.90. The molecule has 1 aliphatic heterocycles. The fraction of sp³-hybridized carbons (Fsp3) is 0.471. The van der Waals surface area contributed by atoms with E-state index in [0.717, 1.165) is 13.2 Å². The van der Waals surface area contributed by atoms with Crippen LogP contribution in [0.25, 0.3) is 0 Å². The highest BCUT2D eigenvalue weighted by Gasteiger charge is 2.32. The molecule has 7 nitrogen and oxygen atoms in total. The molecule has 0 saturated carbocycles. The van der Waals surface area contributed by atoms with Crippen LogP contribution in [-0.4, -0.2) is 48.2 Å². The monoisotopic (exact) mass is 352 g/mol. The molecule has 8 heteroatoms. The fourth-order valence-electron chi connectivity index (χ4n) is 3.06. The summed E-state index contributed by atoms with van der Waals surface area (Å²) in [4.78, 5) is 36.8. The van der Waals surface area contributed by atoms with Crippen molar-refractivity contribution in [3.8, 4) is 0 Å². The number of urea groups is 1. The van der Waals surface area contributed by atoms with Gasteiger partial charge in [0.15, 0.2) is 0 Å². The number of carbonyl (C=O) groups excluding carboxylic acids is 2. The van der Waals surface area contributed by atoms with Gasteiger partial charge >= 0.3 is 18.0 Å². The number of nitrogens with one attached hydrogen (secondary N) is 1. The number of aliphatic carboxylic acids is 1. The molecule has 0 aromatic heterocycles. The third-order valence-electron chi connectivity index (χ3n) is 4.34. The fourth-order valence-corrected chi connectivity index (χ4v) is 3.06. The number of hydrogen-bond acceptors (Lipinski definition) is 4. The molecule has 2 amide bonds. The largest absolute Gasteiger partial charge is 0.481 e. The van der Waals surface area contributed by atoms with E-state index in [2.05, 4.69) is 10.1 Å². The molecule has 0 bridgehead atoms. The van der Waals surface area contributed by atoms with Crippen molar-refractivity contribution in [2.45, 2.75) is 20.3 Å². The van der Waals surface area contributed by atoms with Crippen molar-refractivity contribution in [2.75, 3.05) is 25.5 Å². The summed E-state index contributed by atoms with van der Waals surface area (Å²) in [6.45, 7) is 3.92. The Hall–Kier alpha value is -2.64. The number of benzene rings is 1. The van der Waals surface area contributed by atoms with Crippen LogP contribution in [0.2, 0.25) is 0 Å². The number of likely N-dealkylation sites (tertiary alicyclic amines) is 1. The van der Waals surface area contributed by atoms with E-state index < -0.39 is 29.7 Å². The van der Waals surface area contributed by atoms with Crippen LogP contribution < -0.4 is 5.32 Å². The SMILES string of the molecule is COC(=O)c1c(F)ccc(NC(=O)N2CC(C)CC(C(=O)O)C2)c1C. The van der Waals surface area contributed by atoms with E-state index in [9.17, 15) is 23.9 Å². The van der Waals surface area contributed by atoms with Crippen LogP contribution in [0, 0.1) is 24.6 Å². The zero-order chi connectivity index (χ0) is 18.7. The molecule has 2 unspecified atom stereocenters. The number of carbonyl (C=O) groups is 3. The Morgan fingerprint density at radius 2 is 2.00 bits per heavy atom. The van der Waals surface area contributed by atoms with Gasteiger partial charge in [-0.1, -0.05) is 6.92 Å². The Morgan fingerprint density at radius 1 is 1.32 bits per heavy atom. The third-order valence-corrected chi connectivity index (χ3v) is 4.34. The predicted molar refractivity (Wildman–Crippen MR) is 88.0 cm³/mol. The molecular formula is C17H21FN2O5. The molecule has 0 radical (unpaired) electrons. The van der Waals surface area contributed by atoms with Crippen LogP contribution in [0.4, 0.5) is 14.9 Å². The van der Waals surface area contributed by atoms with Crippen LogP contribution in [0.3, 0.4) is 0 Å². The number of esters is 1. The Labute approximate surface area is 144 Å². The summed E-state index contributed by atoms with van der Waals surface area (Å²) in [5, 5.41) is 11.8. The lowest BCUT2D eigenvalue weighted by molar-refractivity contribution is -0.143. The van der Waals surface area contributed by atoms with E-state index in [1.54, 1.807) is 0 Å². The minimum atomic E-state index is -0.935. The van der Waals surface area contributed by atoms with Gasteiger partial charge in [0.2, 0.25) is 0 Å². The first-order chi connectivity index (χ1) is 11.7. The maximum atomic E-state index is 13.9. The number of ether oxygens (including phenoxy) is 1. The number of anilines is 1. The minimum absolute atomic E-state index is 0.0561. The average Bonchev–Trinajstić information content (AvgIpc) is 2.56. The maximum absolute atomic E-state index is 13.9. The lowest BCUT2D eigenvalue weighted by Crippen LogP contribution is -2.47. The van der Waals surface area contributed by atoms with Gasteiger partial charge < -0.3 is 20.1 Å². The van der Waals surface area contributed by atoms with Crippen molar-refractivity contribution >= 4 is 23.7 Å². The smallest absolute Gasteiger partial charge is 0.341 e. The van der Waals surface area contributed by atoms with Gasteiger partial charge in [-0.25, -0.2) is 14.0 Å². The molecule has 0 spiro atoms. The molecule has 25 heavy (non-hydrogen) atoms. The molecule has 1 aliphatic rings. The zero-order valence-corrected chi connectivity index (χ0v) is 14.3. The van der Waals surface area contributed by atoms with E-state index in [4.69, 9.17) is 0 Å². The summed E-state index contributed by atoms with van der Waals surface area (Å²) in [6.07, 6.45) is 0.515. The zero-order valence-electron chi connectivity index (χ0n) is 14.3. The molecule has 1 fully saturated rings. The molecule has 2 rings (SSSR count). The first-order valence-electron chi connectivity index (χ1n) is 7.90. The van der Waals surface area contributed by atoms with Gasteiger partial charge in [-0.3, -0.25) is 4.79 Å². The van der Waals surface area contributed by atoms with E-state index in [1.807, 2.05) is 6.92 Å². The van der Waals surface area contributed by atoms with Crippen molar-refractivity contribution in [3.05, 3.63) is 29.1 Å². The van der Waals surface area contributed by atoms with E-state index >= 15 is 0 Å². The van der Waals surface area contributed by atoms with Crippen molar-refractivity contribution in [1.29, 1.82) is 0 Å². The standard InChI is InChI=1S/C17H21FN2O5/c1-9-6-11(15(21)22)8-20(7-9)17(24)19-13-5-4-12(18)14(10(13)2)16(23)25-3/h4-5,9,11H,6-8H2,1-3H3,(H,19,24)(H,21,22). The molecule has 1 saturated heterocycles. The summed E-state index contributed by atoms with van der Waals surface area (Å²) in [7, 11) is 1.15. The highest BCUT2D eigenvalue weighted by atomic mass is 19.1. The lowest BCUT2D eigenvalue weighted by Gasteiger charge is -2.34. The van der Waals surface area contributed by atoms with Gasteiger partial charge in [0, 0.05) is 18.8 Å². The van der Waals surface area contributed by atoms with Crippen molar-refractivity contribution < 1.29 is 28.6 Å². The van der Waals surface area contributed by atoms with Crippen LogP contribution in [0.1, 0.15) is 29.3 Å². The molecule has 0 aliphatic carbocycles. The minimum Gasteiger partial charge on any atom is -0.481 e. The maximum Gasteiger partial charge on any atom is 0.341 e. The molecule has 1 aromatic rings. The number of halogens is 1. The van der Waals surface area contributed by atoms with Gasteiger partial charge in [0.25, 0.3) is 0 Å². The molecular weight excluding hydrogens is 331 g/mol. The average molecular weight is 352 g/mol. The highest BCUT2D eigenvalue weighted by Crippen LogP contribution is 2.25. The number of amides is 2. The quantitative estimate of drug-likeness (QED) is 0.815. The van der Waals surface area contributed by atoms with Gasteiger partial charge in [0.05, 0.1) is 13.0 Å². The van der Waals surface area contributed by atoms with Crippen LogP contribution in [0.5, 0.6) is 0 Å². The van der Waals surface area contributed by atoms with Crippen molar-refractivity contribution in [3.63, 3.8) is 0 Å². The number of nitrogens with zero attached hydrogens (tertiary/aromatic N) is 1. The summed E-state index contributed by atoms with van der Waals surface area (Å²) >= 11 is 0. The van der Waals surface area contributed by atoms with E-state index in [0.29, 0.717) is 13.0 Å². The lowest BCUT2D eigenvalue weighted by atomic mass is 9.91. The number of piperidine rings is 1. The topological polar surface area (TPSA) is 95.9 Å². The highest BCUT2D eigenvalue weighted by molar-refractivity contribution is 5.96. The van der Waals surface area contributed by atoms with Crippen LogP contribution >= 0.6 is 0 Å².